The Kier molecular flexibility index (Phi) is 4.07. The second-order valence-electron chi connectivity index (χ2n) is 3.75. The van der Waals surface area contributed by atoms with Gasteiger partial charge in [-0.05, 0) is 11.6 Å². The zero-order valence-corrected chi connectivity index (χ0v) is 10.7. The Morgan fingerprint density at radius 1 is 1.11 bits per heavy atom. The van der Waals surface area contributed by atoms with Crippen LogP contribution < -0.4 is 0 Å². The van der Waals surface area contributed by atoms with E-state index in [2.05, 4.69) is 39.2 Å². The number of nitrogens with zero attached hydrogens (tertiary/aromatic N) is 2. The average Bonchev–Trinajstić information content (AvgIpc) is 2.95. The number of rotatable bonds is 2. The number of nitrogens with one attached hydrogen (secondary N) is 1. The second kappa shape index (κ2) is 5.96. The van der Waals surface area contributed by atoms with E-state index in [0.29, 0.717) is 0 Å². The number of aromatic nitrogens is 3. The van der Waals surface area contributed by atoms with Gasteiger partial charge in [-0.15, -0.1) is 0 Å². The van der Waals surface area contributed by atoms with E-state index in [0.717, 1.165) is 17.6 Å². The Balaban J connectivity index is 0.000000574. The number of hydrogen-bond acceptors (Lipinski definition) is 2. The number of H-pyrrole nitrogens is 1. The number of para-hydroxylation sites is 1. The van der Waals surface area contributed by atoms with Crippen LogP contribution in [0.15, 0.2) is 49.1 Å². The zero-order chi connectivity index (χ0) is 12.8. The van der Waals surface area contributed by atoms with Gasteiger partial charge in [0.2, 0.25) is 0 Å². The molecule has 0 fully saturated rings. The third-order valence-electron chi connectivity index (χ3n) is 2.65. The lowest BCUT2D eigenvalue weighted by Gasteiger charge is -2.03. The Hall–Kier alpha value is -2.16. The fourth-order valence-corrected chi connectivity index (χ4v) is 1.90. The minimum atomic E-state index is 0.842. The van der Waals surface area contributed by atoms with Gasteiger partial charge in [-0.3, -0.25) is 4.98 Å². The Morgan fingerprint density at radius 3 is 2.72 bits per heavy atom. The molecule has 2 aromatic heterocycles. The highest BCUT2D eigenvalue weighted by Gasteiger charge is 2.03. The van der Waals surface area contributed by atoms with Crippen molar-refractivity contribution in [3.05, 3.63) is 60.3 Å². The molecular weight excluding hydrogens is 222 g/mol. The Morgan fingerprint density at radius 2 is 1.94 bits per heavy atom. The molecule has 0 aliphatic carbocycles. The number of fused-ring (bicyclic) bond motifs is 1. The van der Waals surface area contributed by atoms with E-state index in [1.807, 2.05) is 32.3 Å². The number of pyridine rings is 1. The smallest absolute Gasteiger partial charge is 0.0921 e. The van der Waals surface area contributed by atoms with Crippen LogP contribution in [-0.2, 0) is 6.42 Å². The summed E-state index contributed by atoms with van der Waals surface area (Å²) in [6.07, 6.45) is 6.23. The summed E-state index contributed by atoms with van der Waals surface area (Å²) in [6, 6.07) is 10.3. The summed E-state index contributed by atoms with van der Waals surface area (Å²) in [5.41, 5.74) is 3.40. The van der Waals surface area contributed by atoms with E-state index in [1.54, 1.807) is 6.33 Å². The third kappa shape index (κ3) is 2.56. The SMILES string of the molecule is CC.c1cnc2c(Cc3cnc[nH]3)cccc2c1. The van der Waals surface area contributed by atoms with Gasteiger partial charge in [0.25, 0.3) is 0 Å². The number of hydrogen-bond donors (Lipinski definition) is 1. The van der Waals surface area contributed by atoms with E-state index in [1.165, 1.54) is 10.9 Å². The lowest BCUT2D eigenvalue weighted by Crippen LogP contribution is -1.91. The molecule has 2 heterocycles. The van der Waals surface area contributed by atoms with Gasteiger partial charge in [-0.1, -0.05) is 38.1 Å². The summed E-state index contributed by atoms with van der Waals surface area (Å²) in [4.78, 5) is 11.6. The molecule has 0 spiro atoms. The van der Waals surface area contributed by atoms with Crippen molar-refractivity contribution in [3.8, 4) is 0 Å². The molecule has 0 saturated heterocycles. The zero-order valence-electron chi connectivity index (χ0n) is 10.7. The lowest BCUT2D eigenvalue weighted by atomic mass is 10.1. The van der Waals surface area contributed by atoms with E-state index in [4.69, 9.17) is 0 Å². The van der Waals surface area contributed by atoms with Crippen LogP contribution in [0.2, 0.25) is 0 Å². The Labute approximate surface area is 107 Å². The van der Waals surface area contributed by atoms with Crippen LogP contribution in [0.4, 0.5) is 0 Å². The summed E-state index contributed by atoms with van der Waals surface area (Å²) < 4.78 is 0. The van der Waals surface area contributed by atoms with E-state index >= 15 is 0 Å². The van der Waals surface area contributed by atoms with E-state index < -0.39 is 0 Å². The van der Waals surface area contributed by atoms with Crippen LogP contribution in [0, 0.1) is 0 Å². The van der Waals surface area contributed by atoms with Gasteiger partial charge in [0.15, 0.2) is 0 Å². The van der Waals surface area contributed by atoms with Crippen LogP contribution >= 0.6 is 0 Å². The van der Waals surface area contributed by atoms with Crippen LogP contribution in [0.1, 0.15) is 25.1 Å². The van der Waals surface area contributed by atoms with Crippen molar-refractivity contribution in [1.82, 2.24) is 15.0 Å². The molecule has 0 saturated carbocycles. The van der Waals surface area contributed by atoms with Crippen LogP contribution in [-0.4, -0.2) is 15.0 Å². The lowest BCUT2D eigenvalue weighted by molar-refractivity contribution is 1.11. The van der Waals surface area contributed by atoms with Crippen molar-refractivity contribution in [2.75, 3.05) is 0 Å². The standard InChI is InChI=1S/C13H11N3.C2H6/c1-3-10-5-2-6-15-13(10)11(4-1)7-12-8-14-9-16-12;1-2/h1-6,8-9H,7H2,(H,14,16);1-2H3. The van der Waals surface area contributed by atoms with Crippen LogP contribution in [0.3, 0.4) is 0 Å². The highest BCUT2D eigenvalue weighted by molar-refractivity contribution is 5.81. The Bertz CT molecular complexity index is 595. The average molecular weight is 239 g/mol. The molecular formula is C15H17N3. The molecule has 92 valence electrons. The molecule has 3 rings (SSSR count). The topological polar surface area (TPSA) is 41.6 Å². The van der Waals surface area contributed by atoms with Crippen molar-refractivity contribution >= 4 is 10.9 Å². The highest BCUT2D eigenvalue weighted by atomic mass is 14.9. The summed E-state index contributed by atoms with van der Waals surface area (Å²) in [5, 5.41) is 1.18. The van der Waals surface area contributed by atoms with Crippen molar-refractivity contribution in [2.45, 2.75) is 20.3 Å². The van der Waals surface area contributed by atoms with E-state index in [-0.39, 0.29) is 0 Å². The predicted molar refractivity (Wildman–Crippen MR) is 74.5 cm³/mol. The van der Waals surface area contributed by atoms with Crippen molar-refractivity contribution in [1.29, 1.82) is 0 Å². The molecule has 0 aliphatic heterocycles. The van der Waals surface area contributed by atoms with Crippen LogP contribution in [0.25, 0.3) is 10.9 Å². The van der Waals surface area contributed by atoms with E-state index in [9.17, 15) is 0 Å². The maximum Gasteiger partial charge on any atom is 0.0921 e. The first-order valence-electron chi connectivity index (χ1n) is 6.23. The summed E-state index contributed by atoms with van der Waals surface area (Å²) in [7, 11) is 0. The quantitative estimate of drug-likeness (QED) is 0.742. The highest BCUT2D eigenvalue weighted by Crippen LogP contribution is 2.18. The van der Waals surface area contributed by atoms with Crippen molar-refractivity contribution in [3.63, 3.8) is 0 Å². The van der Waals surface area contributed by atoms with Gasteiger partial charge in [0.05, 0.1) is 11.8 Å². The number of imidazole rings is 1. The molecule has 3 aromatic rings. The first-order valence-corrected chi connectivity index (χ1v) is 6.23. The van der Waals surface area contributed by atoms with Gasteiger partial charge < -0.3 is 4.98 Å². The molecule has 18 heavy (non-hydrogen) atoms. The van der Waals surface area contributed by atoms with Gasteiger partial charge in [-0.2, -0.15) is 0 Å². The minimum absolute atomic E-state index is 0.842. The molecule has 0 amide bonds. The monoisotopic (exact) mass is 239 g/mol. The molecule has 0 bridgehead atoms. The number of aromatic amines is 1. The molecule has 0 radical (unpaired) electrons. The van der Waals surface area contributed by atoms with Crippen LogP contribution in [0.5, 0.6) is 0 Å². The molecule has 0 aliphatic rings. The van der Waals surface area contributed by atoms with Gasteiger partial charge >= 0.3 is 0 Å². The molecule has 0 atom stereocenters. The van der Waals surface area contributed by atoms with Crippen molar-refractivity contribution < 1.29 is 0 Å². The third-order valence-corrected chi connectivity index (χ3v) is 2.65. The minimum Gasteiger partial charge on any atom is -0.348 e. The summed E-state index contributed by atoms with van der Waals surface area (Å²) in [6.45, 7) is 4.00. The van der Waals surface area contributed by atoms with Gasteiger partial charge in [0.1, 0.15) is 0 Å². The van der Waals surface area contributed by atoms with Gasteiger partial charge in [0, 0.05) is 29.9 Å². The molecule has 0 unspecified atom stereocenters. The number of benzene rings is 1. The molecule has 1 N–H and O–H groups in total. The first-order chi connectivity index (χ1) is 8.93. The molecule has 1 aromatic carbocycles. The predicted octanol–water partition coefficient (Wildman–Crippen LogP) is 3.57. The summed E-state index contributed by atoms with van der Waals surface area (Å²) >= 11 is 0. The fourth-order valence-electron chi connectivity index (χ4n) is 1.90. The largest absolute Gasteiger partial charge is 0.348 e. The molecule has 3 nitrogen and oxygen atoms in total. The van der Waals surface area contributed by atoms with Crippen molar-refractivity contribution in [2.24, 2.45) is 0 Å². The maximum atomic E-state index is 4.43. The fraction of sp³-hybridized carbons (Fsp3) is 0.200. The van der Waals surface area contributed by atoms with Gasteiger partial charge in [-0.25, -0.2) is 4.98 Å². The normalized spacial score (nSPS) is 9.89. The molecule has 3 heteroatoms. The summed E-state index contributed by atoms with van der Waals surface area (Å²) in [5.74, 6) is 0. The second-order valence-corrected chi connectivity index (χ2v) is 3.75. The first kappa shape index (κ1) is 12.3. The maximum absolute atomic E-state index is 4.43.